The highest BCUT2D eigenvalue weighted by atomic mass is 16.5. The molecule has 0 spiro atoms. The van der Waals surface area contributed by atoms with Gasteiger partial charge in [-0.15, -0.1) is 0 Å². The number of carbonyl (C=O) groups excluding carboxylic acids is 1. The molecule has 2 aliphatic rings. The first kappa shape index (κ1) is 14.8. The summed E-state index contributed by atoms with van der Waals surface area (Å²) in [6, 6.07) is 0. The molecule has 2 rings (SSSR count). The Balaban J connectivity index is 1.92. The molecule has 4 nitrogen and oxygen atoms in total. The number of amides is 1. The van der Waals surface area contributed by atoms with Crippen molar-refractivity contribution in [1.29, 1.82) is 0 Å². The molecule has 0 atom stereocenters. The number of hydrogen-bond acceptors (Lipinski definition) is 3. The fourth-order valence-corrected chi connectivity index (χ4v) is 3.54. The van der Waals surface area contributed by atoms with Crippen molar-refractivity contribution in [3.8, 4) is 0 Å². The first-order valence-corrected chi connectivity index (χ1v) is 7.71. The smallest absolute Gasteiger partial charge is 0.229 e. The molecule has 1 aliphatic heterocycles. The van der Waals surface area contributed by atoms with Gasteiger partial charge in [-0.2, -0.15) is 0 Å². The summed E-state index contributed by atoms with van der Waals surface area (Å²) in [5.74, 6) is 0.877. The van der Waals surface area contributed by atoms with Crippen LogP contribution in [0.2, 0.25) is 0 Å². The van der Waals surface area contributed by atoms with Crippen LogP contribution in [0.15, 0.2) is 0 Å². The summed E-state index contributed by atoms with van der Waals surface area (Å²) in [6.45, 7) is 3.05. The van der Waals surface area contributed by atoms with Crippen LogP contribution in [0.5, 0.6) is 0 Å². The summed E-state index contributed by atoms with van der Waals surface area (Å²) >= 11 is 0. The van der Waals surface area contributed by atoms with Crippen molar-refractivity contribution in [3.63, 3.8) is 0 Å². The lowest BCUT2D eigenvalue weighted by atomic mass is 9.73. The summed E-state index contributed by atoms with van der Waals surface area (Å²) in [4.78, 5) is 14.7. The number of hydrogen-bond donors (Lipinski definition) is 1. The monoisotopic (exact) mass is 268 g/mol. The SMILES string of the molecule is CN(CC1CCOCC1)C(=O)C1(CN)CCCCC1. The molecule has 0 aromatic rings. The molecule has 2 fully saturated rings. The first-order valence-electron chi connectivity index (χ1n) is 7.71. The maximum absolute atomic E-state index is 12.7. The summed E-state index contributed by atoms with van der Waals surface area (Å²) < 4.78 is 5.38. The summed E-state index contributed by atoms with van der Waals surface area (Å²) in [5, 5.41) is 0. The summed E-state index contributed by atoms with van der Waals surface area (Å²) in [7, 11) is 1.95. The quantitative estimate of drug-likeness (QED) is 0.845. The van der Waals surface area contributed by atoms with Crippen molar-refractivity contribution < 1.29 is 9.53 Å². The van der Waals surface area contributed by atoms with Crippen molar-refractivity contribution in [2.24, 2.45) is 17.1 Å². The van der Waals surface area contributed by atoms with Crippen molar-refractivity contribution in [2.75, 3.05) is 33.4 Å². The van der Waals surface area contributed by atoms with Gasteiger partial charge in [0.15, 0.2) is 0 Å². The molecule has 110 valence electrons. The Hall–Kier alpha value is -0.610. The lowest BCUT2D eigenvalue weighted by molar-refractivity contribution is -0.143. The van der Waals surface area contributed by atoms with E-state index in [9.17, 15) is 4.79 Å². The zero-order chi connectivity index (χ0) is 13.7. The molecule has 1 heterocycles. The van der Waals surface area contributed by atoms with E-state index in [2.05, 4.69) is 0 Å². The van der Waals surface area contributed by atoms with Gasteiger partial charge in [-0.1, -0.05) is 19.3 Å². The third-order valence-corrected chi connectivity index (χ3v) is 4.87. The second kappa shape index (κ2) is 6.71. The Kier molecular flexibility index (Phi) is 5.22. The zero-order valence-electron chi connectivity index (χ0n) is 12.2. The van der Waals surface area contributed by atoms with E-state index in [4.69, 9.17) is 10.5 Å². The molecule has 4 heteroatoms. The van der Waals surface area contributed by atoms with E-state index in [1.165, 1.54) is 6.42 Å². The van der Waals surface area contributed by atoms with Gasteiger partial charge in [0.25, 0.3) is 0 Å². The fraction of sp³-hybridized carbons (Fsp3) is 0.933. The topological polar surface area (TPSA) is 55.6 Å². The van der Waals surface area contributed by atoms with Crippen LogP contribution < -0.4 is 5.73 Å². The maximum atomic E-state index is 12.7. The Labute approximate surface area is 116 Å². The number of carbonyl (C=O) groups is 1. The molecule has 19 heavy (non-hydrogen) atoms. The van der Waals surface area contributed by atoms with Crippen LogP contribution >= 0.6 is 0 Å². The summed E-state index contributed by atoms with van der Waals surface area (Å²) in [6.07, 6.45) is 7.64. The van der Waals surface area contributed by atoms with Crippen LogP contribution in [-0.4, -0.2) is 44.2 Å². The van der Waals surface area contributed by atoms with Gasteiger partial charge in [0.05, 0.1) is 5.41 Å². The molecule has 0 bridgehead atoms. The third kappa shape index (κ3) is 3.48. The molecule has 1 saturated carbocycles. The van der Waals surface area contributed by atoms with Gasteiger partial charge in [0.1, 0.15) is 0 Å². The summed E-state index contributed by atoms with van der Waals surface area (Å²) in [5.41, 5.74) is 5.68. The van der Waals surface area contributed by atoms with Crippen LogP contribution in [0.1, 0.15) is 44.9 Å². The Morgan fingerprint density at radius 1 is 1.26 bits per heavy atom. The van der Waals surface area contributed by atoms with E-state index in [0.29, 0.717) is 12.5 Å². The molecular formula is C15H28N2O2. The molecule has 0 radical (unpaired) electrons. The largest absolute Gasteiger partial charge is 0.381 e. The van der Waals surface area contributed by atoms with Crippen LogP contribution in [0, 0.1) is 11.3 Å². The Morgan fingerprint density at radius 2 is 1.89 bits per heavy atom. The highest BCUT2D eigenvalue weighted by Gasteiger charge is 2.40. The average molecular weight is 268 g/mol. The molecule has 0 unspecified atom stereocenters. The van der Waals surface area contributed by atoms with E-state index >= 15 is 0 Å². The van der Waals surface area contributed by atoms with Crippen molar-refractivity contribution in [2.45, 2.75) is 44.9 Å². The lowest BCUT2D eigenvalue weighted by Gasteiger charge is -2.39. The minimum absolute atomic E-state index is 0.266. The van der Waals surface area contributed by atoms with Gasteiger partial charge in [-0.05, 0) is 31.6 Å². The standard InChI is InChI=1S/C15H28N2O2/c1-17(11-13-5-9-19-10-6-13)14(18)15(12-16)7-3-2-4-8-15/h13H,2-12,16H2,1H3. The molecular weight excluding hydrogens is 240 g/mol. The van der Waals surface area contributed by atoms with Crippen molar-refractivity contribution in [1.82, 2.24) is 4.90 Å². The van der Waals surface area contributed by atoms with E-state index in [1.807, 2.05) is 11.9 Å². The van der Waals surface area contributed by atoms with Crippen molar-refractivity contribution in [3.05, 3.63) is 0 Å². The Morgan fingerprint density at radius 3 is 2.47 bits per heavy atom. The third-order valence-electron chi connectivity index (χ3n) is 4.87. The van der Waals surface area contributed by atoms with Gasteiger partial charge < -0.3 is 15.4 Å². The van der Waals surface area contributed by atoms with E-state index in [1.54, 1.807) is 0 Å². The first-order chi connectivity index (χ1) is 9.18. The number of rotatable bonds is 4. The van der Waals surface area contributed by atoms with Gasteiger partial charge in [0, 0.05) is 33.4 Å². The molecule has 1 aliphatic carbocycles. The number of ether oxygens (including phenoxy) is 1. The second-order valence-corrected chi connectivity index (χ2v) is 6.29. The van der Waals surface area contributed by atoms with Crippen LogP contribution in [0.4, 0.5) is 0 Å². The fourth-order valence-electron chi connectivity index (χ4n) is 3.54. The number of nitrogens with two attached hydrogens (primary N) is 1. The molecule has 0 aromatic heterocycles. The molecule has 1 amide bonds. The van der Waals surface area contributed by atoms with E-state index in [0.717, 1.165) is 58.3 Å². The molecule has 1 saturated heterocycles. The maximum Gasteiger partial charge on any atom is 0.229 e. The van der Waals surface area contributed by atoms with Gasteiger partial charge in [0.2, 0.25) is 5.91 Å². The highest BCUT2D eigenvalue weighted by Crippen LogP contribution is 2.37. The van der Waals surface area contributed by atoms with Crippen LogP contribution in [0.3, 0.4) is 0 Å². The predicted octanol–water partition coefficient (Wildman–Crippen LogP) is 1.78. The van der Waals surface area contributed by atoms with Crippen LogP contribution in [-0.2, 0) is 9.53 Å². The normalized spacial score (nSPS) is 24.1. The minimum Gasteiger partial charge on any atom is -0.381 e. The van der Waals surface area contributed by atoms with Gasteiger partial charge in [-0.25, -0.2) is 0 Å². The minimum atomic E-state index is -0.266. The average Bonchev–Trinajstić information content (AvgIpc) is 2.48. The van der Waals surface area contributed by atoms with E-state index < -0.39 is 0 Å². The zero-order valence-corrected chi connectivity index (χ0v) is 12.2. The number of nitrogens with zero attached hydrogens (tertiary/aromatic N) is 1. The molecule has 0 aromatic carbocycles. The van der Waals surface area contributed by atoms with Crippen LogP contribution in [0.25, 0.3) is 0 Å². The predicted molar refractivity (Wildman–Crippen MR) is 75.8 cm³/mol. The van der Waals surface area contributed by atoms with Gasteiger partial charge >= 0.3 is 0 Å². The van der Waals surface area contributed by atoms with Crippen molar-refractivity contribution >= 4 is 5.91 Å². The Bertz CT molecular complexity index is 295. The van der Waals surface area contributed by atoms with E-state index in [-0.39, 0.29) is 11.3 Å². The second-order valence-electron chi connectivity index (χ2n) is 6.29. The molecule has 2 N–H and O–H groups in total. The highest BCUT2D eigenvalue weighted by molar-refractivity contribution is 5.83. The lowest BCUT2D eigenvalue weighted by Crippen LogP contribution is -2.49. The van der Waals surface area contributed by atoms with Gasteiger partial charge in [-0.3, -0.25) is 4.79 Å².